The average molecular weight is 222 g/mol. The van der Waals surface area contributed by atoms with Gasteiger partial charge in [0, 0.05) is 26.2 Å². The minimum Gasteiger partial charge on any atom is -0.316 e. The van der Waals surface area contributed by atoms with Crippen LogP contribution in [0.3, 0.4) is 0 Å². The normalized spacial score (nSPS) is 32.5. The highest BCUT2D eigenvalue weighted by Gasteiger charge is 2.32. The van der Waals surface area contributed by atoms with Crippen LogP contribution in [0.5, 0.6) is 0 Å². The van der Waals surface area contributed by atoms with Crippen LogP contribution in [-0.2, 0) is 0 Å². The first-order valence-electron chi connectivity index (χ1n) is 6.83. The minimum atomic E-state index is 0.551. The summed E-state index contributed by atoms with van der Waals surface area (Å²) >= 11 is 0. The van der Waals surface area contributed by atoms with Gasteiger partial charge in [-0.05, 0) is 44.6 Å². The van der Waals surface area contributed by atoms with Crippen LogP contribution in [0.15, 0.2) is 11.6 Å². The summed E-state index contributed by atoms with van der Waals surface area (Å²) in [5.41, 5.74) is 2.11. The van der Waals surface area contributed by atoms with Crippen LogP contribution in [-0.4, -0.2) is 37.6 Å². The maximum absolute atomic E-state index is 3.59. The monoisotopic (exact) mass is 222 g/mol. The maximum atomic E-state index is 3.59. The molecule has 92 valence electrons. The standard InChI is InChI=1S/C14H26N2/c1-3-14(7-5-8-15-11-14)12-16-9-4-6-13(2)10-16/h6,15H,3-5,7-12H2,1-2H3. The highest BCUT2D eigenvalue weighted by atomic mass is 15.1. The van der Waals surface area contributed by atoms with Gasteiger partial charge in [0.25, 0.3) is 0 Å². The van der Waals surface area contributed by atoms with Crippen molar-refractivity contribution < 1.29 is 0 Å². The first-order valence-corrected chi connectivity index (χ1v) is 6.83. The van der Waals surface area contributed by atoms with E-state index in [4.69, 9.17) is 0 Å². The smallest absolute Gasteiger partial charge is 0.0190 e. The zero-order valence-electron chi connectivity index (χ0n) is 10.9. The molecule has 0 radical (unpaired) electrons. The Morgan fingerprint density at radius 3 is 3.00 bits per heavy atom. The van der Waals surface area contributed by atoms with Crippen molar-refractivity contribution >= 4 is 0 Å². The average Bonchev–Trinajstić information content (AvgIpc) is 2.30. The van der Waals surface area contributed by atoms with Crippen molar-refractivity contribution in [3.63, 3.8) is 0 Å². The predicted molar refractivity (Wildman–Crippen MR) is 69.6 cm³/mol. The van der Waals surface area contributed by atoms with Crippen molar-refractivity contribution in [2.75, 3.05) is 32.7 Å². The molecule has 0 aliphatic carbocycles. The number of hydrogen-bond acceptors (Lipinski definition) is 2. The van der Waals surface area contributed by atoms with E-state index in [2.05, 4.69) is 30.1 Å². The maximum Gasteiger partial charge on any atom is 0.0190 e. The van der Waals surface area contributed by atoms with E-state index in [9.17, 15) is 0 Å². The van der Waals surface area contributed by atoms with Gasteiger partial charge in [0.1, 0.15) is 0 Å². The van der Waals surface area contributed by atoms with Gasteiger partial charge in [0.2, 0.25) is 0 Å². The van der Waals surface area contributed by atoms with Crippen LogP contribution in [0.2, 0.25) is 0 Å². The number of nitrogens with zero attached hydrogens (tertiary/aromatic N) is 1. The number of hydrogen-bond donors (Lipinski definition) is 1. The lowest BCUT2D eigenvalue weighted by Crippen LogP contribution is -2.48. The molecule has 2 heteroatoms. The number of nitrogens with one attached hydrogen (secondary N) is 1. The molecule has 2 heterocycles. The summed E-state index contributed by atoms with van der Waals surface area (Å²) in [6.07, 6.45) is 7.73. The van der Waals surface area contributed by atoms with Crippen LogP contribution in [0.4, 0.5) is 0 Å². The molecule has 1 unspecified atom stereocenters. The molecule has 0 amide bonds. The Morgan fingerprint density at radius 1 is 1.50 bits per heavy atom. The molecule has 1 atom stereocenters. The van der Waals surface area contributed by atoms with Crippen molar-refractivity contribution in [3.05, 3.63) is 11.6 Å². The van der Waals surface area contributed by atoms with E-state index in [0.717, 1.165) is 0 Å². The highest BCUT2D eigenvalue weighted by molar-refractivity contribution is 5.05. The molecule has 0 aromatic heterocycles. The Morgan fingerprint density at radius 2 is 2.38 bits per heavy atom. The second kappa shape index (κ2) is 5.33. The summed E-state index contributed by atoms with van der Waals surface area (Å²) in [5, 5.41) is 3.59. The molecule has 0 saturated carbocycles. The quantitative estimate of drug-likeness (QED) is 0.738. The summed E-state index contributed by atoms with van der Waals surface area (Å²) in [6.45, 7) is 10.8. The lowest BCUT2D eigenvalue weighted by Gasteiger charge is -2.42. The molecular formula is C14H26N2. The van der Waals surface area contributed by atoms with Crippen molar-refractivity contribution in [1.82, 2.24) is 10.2 Å². The third-order valence-corrected chi connectivity index (χ3v) is 4.28. The largest absolute Gasteiger partial charge is 0.316 e. The fraction of sp³-hybridized carbons (Fsp3) is 0.857. The molecular weight excluding hydrogens is 196 g/mol. The molecule has 2 aliphatic rings. The SMILES string of the molecule is CCC1(CN2CCC=C(C)C2)CCCNC1. The predicted octanol–water partition coefficient (Wildman–Crippen LogP) is 2.42. The van der Waals surface area contributed by atoms with Gasteiger partial charge in [-0.3, -0.25) is 4.90 Å². The summed E-state index contributed by atoms with van der Waals surface area (Å²) in [5.74, 6) is 0. The highest BCUT2D eigenvalue weighted by Crippen LogP contribution is 2.31. The van der Waals surface area contributed by atoms with Crippen molar-refractivity contribution in [1.29, 1.82) is 0 Å². The Kier molecular flexibility index (Phi) is 4.04. The van der Waals surface area contributed by atoms with Gasteiger partial charge in [-0.25, -0.2) is 0 Å². The van der Waals surface area contributed by atoms with Crippen LogP contribution in [0, 0.1) is 5.41 Å². The zero-order chi connectivity index (χ0) is 11.4. The van der Waals surface area contributed by atoms with Gasteiger partial charge in [-0.2, -0.15) is 0 Å². The molecule has 2 aliphatic heterocycles. The van der Waals surface area contributed by atoms with Gasteiger partial charge in [-0.1, -0.05) is 18.6 Å². The Bertz CT molecular complexity index is 251. The fourth-order valence-electron chi connectivity index (χ4n) is 3.18. The Labute approximate surface area is 100 Å². The van der Waals surface area contributed by atoms with E-state index in [0.29, 0.717) is 5.41 Å². The molecule has 16 heavy (non-hydrogen) atoms. The van der Waals surface area contributed by atoms with E-state index in [1.54, 1.807) is 5.57 Å². The first kappa shape index (κ1) is 12.1. The van der Waals surface area contributed by atoms with Crippen molar-refractivity contribution in [2.45, 2.75) is 39.5 Å². The molecule has 0 aromatic rings. The van der Waals surface area contributed by atoms with Crippen LogP contribution < -0.4 is 5.32 Å². The molecule has 0 bridgehead atoms. The van der Waals surface area contributed by atoms with E-state index >= 15 is 0 Å². The lowest BCUT2D eigenvalue weighted by atomic mass is 9.77. The molecule has 1 fully saturated rings. The number of rotatable bonds is 3. The first-order chi connectivity index (χ1) is 7.74. The molecule has 2 rings (SSSR count). The van der Waals surface area contributed by atoms with E-state index in [1.165, 1.54) is 58.4 Å². The Hall–Kier alpha value is -0.340. The van der Waals surface area contributed by atoms with Gasteiger partial charge in [0.05, 0.1) is 0 Å². The second-order valence-corrected chi connectivity index (χ2v) is 5.68. The second-order valence-electron chi connectivity index (χ2n) is 5.68. The van der Waals surface area contributed by atoms with Gasteiger partial charge < -0.3 is 5.32 Å². The Balaban J connectivity index is 1.93. The molecule has 1 saturated heterocycles. The molecule has 2 nitrogen and oxygen atoms in total. The third-order valence-electron chi connectivity index (χ3n) is 4.28. The third kappa shape index (κ3) is 2.86. The van der Waals surface area contributed by atoms with Crippen LogP contribution in [0.25, 0.3) is 0 Å². The molecule has 1 N–H and O–H groups in total. The van der Waals surface area contributed by atoms with E-state index in [-0.39, 0.29) is 0 Å². The summed E-state index contributed by atoms with van der Waals surface area (Å²) in [7, 11) is 0. The van der Waals surface area contributed by atoms with Crippen LogP contribution >= 0.6 is 0 Å². The fourth-order valence-corrected chi connectivity index (χ4v) is 3.18. The minimum absolute atomic E-state index is 0.551. The van der Waals surface area contributed by atoms with E-state index in [1.807, 2.05) is 0 Å². The molecule has 0 aromatic carbocycles. The number of piperidine rings is 1. The topological polar surface area (TPSA) is 15.3 Å². The van der Waals surface area contributed by atoms with Crippen LogP contribution in [0.1, 0.15) is 39.5 Å². The summed E-state index contributed by atoms with van der Waals surface area (Å²) in [6, 6.07) is 0. The van der Waals surface area contributed by atoms with Gasteiger partial charge in [-0.15, -0.1) is 0 Å². The van der Waals surface area contributed by atoms with Gasteiger partial charge >= 0.3 is 0 Å². The van der Waals surface area contributed by atoms with Crippen molar-refractivity contribution in [2.24, 2.45) is 5.41 Å². The van der Waals surface area contributed by atoms with Crippen molar-refractivity contribution in [3.8, 4) is 0 Å². The lowest BCUT2D eigenvalue weighted by molar-refractivity contribution is 0.116. The summed E-state index contributed by atoms with van der Waals surface area (Å²) in [4.78, 5) is 2.66. The summed E-state index contributed by atoms with van der Waals surface area (Å²) < 4.78 is 0. The zero-order valence-corrected chi connectivity index (χ0v) is 10.9. The molecule has 0 spiro atoms. The van der Waals surface area contributed by atoms with Gasteiger partial charge in [0.15, 0.2) is 0 Å². The van der Waals surface area contributed by atoms with E-state index < -0.39 is 0 Å².